The summed E-state index contributed by atoms with van der Waals surface area (Å²) in [5, 5.41) is 5.01. The number of rotatable bonds is 5. The monoisotopic (exact) mass is 447 g/mol. The van der Waals surface area contributed by atoms with Gasteiger partial charge in [-0.15, -0.1) is 11.3 Å². The Morgan fingerprint density at radius 1 is 1.32 bits per heavy atom. The molecule has 0 saturated carbocycles. The fourth-order valence-corrected chi connectivity index (χ4v) is 5.82. The van der Waals surface area contributed by atoms with Gasteiger partial charge in [0.1, 0.15) is 17.4 Å². The number of nitrogens with zero attached hydrogens (tertiary/aromatic N) is 4. The van der Waals surface area contributed by atoms with Crippen LogP contribution in [0.1, 0.15) is 55.7 Å². The fourth-order valence-electron chi connectivity index (χ4n) is 4.50. The first-order chi connectivity index (χ1) is 14.7. The molecule has 2 aromatic rings. The van der Waals surface area contributed by atoms with Crippen LogP contribution in [0.5, 0.6) is 0 Å². The van der Waals surface area contributed by atoms with E-state index in [4.69, 9.17) is 9.47 Å². The molecule has 3 atom stereocenters. The molecule has 0 bridgehead atoms. The summed E-state index contributed by atoms with van der Waals surface area (Å²) in [6.45, 7) is 10.7. The van der Waals surface area contributed by atoms with Crippen molar-refractivity contribution in [3.05, 3.63) is 32.8 Å². The van der Waals surface area contributed by atoms with Gasteiger partial charge in [-0.05, 0) is 30.7 Å². The number of nitrogens with one attached hydrogen (secondary N) is 1. The average Bonchev–Trinajstić information content (AvgIpc) is 3.01. The molecule has 0 aliphatic carbocycles. The largest absolute Gasteiger partial charge is 0.376 e. The lowest BCUT2D eigenvalue weighted by molar-refractivity contribution is 0.110. The van der Waals surface area contributed by atoms with Crippen LogP contribution in [0.3, 0.4) is 0 Å². The van der Waals surface area contributed by atoms with Gasteiger partial charge in [-0.2, -0.15) is 5.10 Å². The van der Waals surface area contributed by atoms with Crippen molar-refractivity contribution < 1.29 is 14.3 Å². The molecule has 2 fully saturated rings. The third kappa shape index (κ3) is 3.81. The molecule has 0 radical (unpaired) electrons. The Balaban J connectivity index is 1.53. The predicted octanol–water partition coefficient (Wildman–Crippen LogP) is 2.85. The van der Waals surface area contributed by atoms with Crippen molar-refractivity contribution >= 4 is 22.4 Å². The molecule has 9 nitrogen and oxygen atoms in total. The second-order valence-electron chi connectivity index (χ2n) is 9.78. The van der Waals surface area contributed by atoms with E-state index in [0.717, 1.165) is 40.5 Å². The van der Waals surface area contributed by atoms with E-state index in [0.29, 0.717) is 19.6 Å². The number of fused-ring (bicyclic) bond motifs is 3. The lowest BCUT2D eigenvalue weighted by Crippen LogP contribution is -2.49. The van der Waals surface area contributed by atoms with Gasteiger partial charge < -0.3 is 9.47 Å². The Bertz CT molecular complexity index is 1050. The SMILES string of the molecule is Cc1c(Cn2nc[nH]c2=O)sc2c1C1OC1N(CC(C)(C)C)C(=O)N2CC1CCCO1. The van der Waals surface area contributed by atoms with Crippen molar-refractivity contribution in [2.45, 2.75) is 65.5 Å². The Kier molecular flexibility index (Phi) is 4.98. The van der Waals surface area contributed by atoms with Crippen molar-refractivity contribution in [3.63, 3.8) is 0 Å². The Morgan fingerprint density at radius 2 is 2.13 bits per heavy atom. The molecule has 1 N–H and O–H groups in total. The quantitative estimate of drug-likeness (QED) is 0.711. The second kappa shape index (κ2) is 7.46. The lowest BCUT2D eigenvalue weighted by atomic mass is 9.96. The number of hydrogen-bond acceptors (Lipinski definition) is 6. The van der Waals surface area contributed by atoms with E-state index in [9.17, 15) is 9.59 Å². The number of aromatic nitrogens is 3. The highest BCUT2D eigenvalue weighted by molar-refractivity contribution is 7.16. The van der Waals surface area contributed by atoms with Crippen molar-refractivity contribution in [1.82, 2.24) is 19.7 Å². The van der Waals surface area contributed by atoms with Crippen LogP contribution >= 0.6 is 11.3 Å². The minimum absolute atomic E-state index is 0.0265. The highest BCUT2D eigenvalue weighted by Gasteiger charge is 2.54. The fraction of sp³-hybridized carbons (Fsp3) is 0.667. The maximum Gasteiger partial charge on any atom is 0.343 e. The molecule has 5 rings (SSSR count). The van der Waals surface area contributed by atoms with E-state index in [-0.39, 0.29) is 35.6 Å². The van der Waals surface area contributed by atoms with E-state index < -0.39 is 0 Å². The summed E-state index contributed by atoms with van der Waals surface area (Å²) in [6.07, 6.45) is 3.06. The molecule has 2 aromatic heterocycles. The van der Waals surface area contributed by atoms with Gasteiger partial charge >= 0.3 is 11.7 Å². The summed E-state index contributed by atoms with van der Waals surface area (Å²) >= 11 is 1.56. The molecule has 2 saturated heterocycles. The average molecular weight is 448 g/mol. The lowest BCUT2D eigenvalue weighted by Gasteiger charge is -2.33. The van der Waals surface area contributed by atoms with Crippen LogP contribution < -0.4 is 10.6 Å². The maximum absolute atomic E-state index is 13.8. The minimum atomic E-state index is -0.243. The molecule has 0 spiro atoms. The van der Waals surface area contributed by atoms with Crippen LogP contribution in [-0.2, 0) is 16.0 Å². The number of urea groups is 1. The molecule has 3 unspecified atom stereocenters. The number of amides is 2. The third-order valence-electron chi connectivity index (χ3n) is 6.02. The second-order valence-corrected chi connectivity index (χ2v) is 10.9. The Labute approximate surface area is 184 Å². The number of thiophene rings is 1. The first-order valence-electron chi connectivity index (χ1n) is 10.8. The number of carbonyl (C=O) groups is 1. The van der Waals surface area contributed by atoms with E-state index in [2.05, 4.69) is 37.8 Å². The summed E-state index contributed by atoms with van der Waals surface area (Å²) < 4.78 is 13.3. The van der Waals surface area contributed by atoms with Gasteiger partial charge in [-0.1, -0.05) is 20.8 Å². The van der Waals surface area contributed by atoms with Crippen LogP contribution in [0.2, 0.25) is 0 Å². The summed E-state index contributed by atoms with van der Waals surface area (Å²) in [5.41, 5.74) is 1.86. The van der Waals surface area contributed by atoms with Crippen LogP contribution in [0.4, 0.5) is 9.80 Å². The van der Waals surface area contributed by atoms with E-state index in [1.807, 2.05) is 9.80 Å². The van der Waals surface area contributed by atoms with Crippen molar-refractivity contribution in [1.29, 1.82) is 0 Å². The number of carbonyl (C=O) groups excluding carboxylic acids is 1. The van der Waals surface area contributed by atoms with Gasteiger partial charge in [0.2, 0.25) is 0 Å². The molecule has 2 amide bonds. The molecule has 5 heterocycles. The first kappa shape index (κ1) is 20.7. The van der Waals surface area contributed by atoms with Crippen molar-refractivity contribution in [2.24, 2.45) is 5.41 Å². The van der Waals surface area contributed by atoms with Gasteiger partial charge in [0.05, 0.1) is 19.2 Å². The number of aromatic amines is 1. The zero-order valence-corrected chi connectivity index (χ0v) is 19.2. The van der Waals surface area contributed by atoms with Gasteiger partial charge in [-0.25, -0.2) is 14.3 Å². The van der Waals surface area contributed by atoms with Gasteiger partial charge in [0.25, 0.3) is 0 Å². The molecule has 0 aromatic carbocycles. The third-order valence-corrected chi connectivity index (χ3v) is 7.34. The molecule has 168 valence electrons. The van der Waals surface area contributed by atoms with Crippen LogP contribution in [-0.4, -0.2) is 57.7 Å². The summed E-state index contributed by atoms with van der Waals surface area (Å²) in [5.74, 6) is 0. The van der Waals surface area contributed by atoms with Gasteiger partial charge in [0.15, 0.2) is 6.23 Å². The molecule has 3 aliphatic rings. The number of epoxide rings is 1. The minimum Gasteiger partial charge on any atom is -0.376 e. The summed E-state index contributed by atoms with van der Waals surface area (Å²) in [6, 6.07) is -0.0265. The van der Waals surface area contributed by atoms with E-state index >= 15 is 0 Å². The van der Waals surface area contributed by atoms with E-state index in [1.165, 1.54) is 11.0 Å². The van der Waals surface area contributed by atoms with Gasteiger partial charge in [0, 0.05) is 23.6 Å². The molecular weight excluding hydrogens is 418 g/mol. The number of anilines is 1. The van der Waals surface area contributed by atoms with Gasteiger partial charge in [-0.3, -0.25) is 14.8 Å². The highest BCUT2D eigenvalue weighted by atomic mass is 32.1. The van der Waals surface area contributed by atoms with Crippen LogP contribution in [0, 0.1) is 12.3 Å². The Hall–Kier alpha value is -2.17. The standard InChI is InChI=1S/C21H29N5O4S/c1-12-14(9-26-19(27)22-11-23-26)31-18-15(12)16-17(30-16)25(10-21(2,3)4)20(28)24(18)8-13-6-5-7-29-13/h11,13,16-17H,5-10H2,1-4H3,(H,22,23,27). The molecule has 3 aliphatic heterocycles. The van der Waals surface area contributed by atoms with Crippen LogP contribution in [0.15, 0.2) is 11.1 Å². The highest BCUT2D eigenvalue weighted by Crippen LogP contribution is 2.53. The maximum atomic E-state index is 13.8. The molecule has 31 heavy (non-hydrogen) atoms. The smallest absolute Gasteiger partial charge is 0.343 e. The zero-order valence-electron chi connectivity index (χ0n) is 18.4. The number of hydrogen-bond donors (Lipinski definition) is 1. The topological polar surface area (TPSA) is 96.0 Å². The van der Waals surface area contributed by atoms with Crippen molar-refractivity contribution in [3.8, 4) is 0 Å². The molecular formula is C21H29N5O4S. The summed E-state index contributed by atoms with van der Waals surface area (Å²) in [7, 11) is 0. The van der Waals surface area contributed by atoms with Crippen molar-refractivity contribution in [2.75, 3.05) is 24.6 Å². The first-order valence-corrected chi connectivity index (χ1v) is 11.6. The summed E-state index contributed by atoms with van der Waals surface area (Å²) in [4.78, 5) is 33.1. The Morgan fingerprint density at radius 3 is 2.77 bits per heavy atom. The predicted molar refractivity (Wildman–Crippen MR) is 116 cm³/mol. The number of H-pyrrole nitrogens is 1. The molecule has 10 heteroatoms. The van der Waals surface area contributed by atoms with Crippen LogP contribution in [0.25, 0.3) is 0 Å². The normalized spacial score (nSPS) is 25.5. The van der Waals surface area contributed by atoms with E-state index in [1.54, 1.807) is 11.3 Å². The number of ether oxygens (including phenoxy) is 2. The zero-order chi connectivity index (χ0) is 21.9.